The molecule has 0 aliphatic rings. The minimum absolute atomic E-state index is 0.184. The van der Waals surface area contributed by atoms with E-state index in [2.05, 4.69) is 21.2 Å². The van der Waals surface area contributed by atoms with Gasteiger partial charge in [0.05, 0.1) is 10.7 Å². The molecule has 3 N–H and O–H groups in total. The summed E-state index contributed by atoms with van der Waals surface area (Å²) in [5.74, 6) is -0.184. The van der Waals surface area contributed by atoms with Crippen molar-refractivity contribution < 1.29 is 4.79 Å². The highest BCUT2D eigenvalue weighted by Crippen LogP contribution is 2.27. The number of halogens is 2. The van der Waals surface area contributed by atoms with Crippen LogP contribution in [0.25, 0.3) is 0 Å². The molecule has 0 fully saturated rings. The van der Waals surface area contributed by atoms with E-state index in [0.717, 1.165) is 10.0 Å². The Hall–Kier alpha value is -1.52. The second kappa shape index (κ2) is 5.63. The first-order valence-electron chi connectivity index (χ1n) is 5.60. The Morgan fingerprint density at radius 3 is 2.53 bits per heavy atom. The summed E-state index contributed by atoms with van der Waals surface area (Å²) in [5.41, 5.74) is 8.31. The molecule has 19 heavy (non-hydrogen) atoms. The van der Waals surface area contributed by atoms with Gasteiger partial charge in [0.25, 0.3) is 5.91 Å². The maximum atomic E-state index is 12.1. The standard InChI is InChI=1S/C14H12BrClN2O/c1-8-6-12(17)11(16)7-13(8)18-14(19)9-2-4-10(15)5-3-9/h2-7H,17H2,1H3,(H,18,19). The Morgan fingerprint density at radius 2 is 1.89 bits per heavy atom. The monoisotopic (exact) mass is 338 g/mol. The molecule has 5 heteroatoms. The van der Waals surface area contributed by atoms with E-state index in [1.807, 2.05) is 19.1 Å². The molecule has 0 atom stereocenters. The van der Waals surface area contributed by atoms with E-state index in [1.54, 1.807) is 24.3 Å². The second-order valence-electron chi connectivity index (χ2n) is 4.15. The highest BCUT2D eigenvalue weighted by molar-refractivity contribution is 9.10. The van der Waals surface area contributed by atoms with Crippen LogP contribution in [0.2, 0.25) is 5.02 Å². The minimum Gasteiger partial charge on any atom is -0.398 e. The number of carbonyl (C=O) groups is 1. The van der Waals surface area contributed by atoms with E-state index in [-0.39, 0.29) is 5.91 Å². The number of aryl methyl sites for hydroxylation is 1. The van der Waals surface area contributed by atoms with Crippen LogP contribution in [0.15, 0.2) is 40.9 Å². The molecule has 0 saturated heterocycles. The van der Waals surface area contributed by atoms with E-state index >= 15 is 0 Å². The van der Waals surface area contributed by atoms with E-state index in [9.17, 15) is 4.79 Å². The second-order valence-corrected chi connectivity index (χ2v) is 5.47. The Bertz CT molecular complexity index is 626. The number of hydrogen-bond donors (Lipinski definition) is 2. The summed E-state index contributed by atoms with van der Waals surface area (Å²) in [4.78, 5) is 12.1. The third kappa shape index (κ3) is 3.28. The summed E-state index contributed by atoms with van der Waals surface area (Å²) in [5, 5.41) is 3.25. The SMILES string of the molecule is Cc1cc(N)c(Cl)cc1NC(=O)c1ccc(Br)cc1. The van der Waals surface area contributed by atoms with Crippen molar-refractivity contribution in [3.05, 3.63) is 57.0 Å². The molecule has 2 rings (SSSR count). The summed E-state index contributed by atoms with van der Waals surface area (Å²) in [6.45, 7) is 1.86. The van der Waals surface area contributed by atoms with Gasteiger partial charge in [-0.1, -0.05) is 27.5 Å². The number of benzene rings is 2. The molecule has 0 heterocycles. The van der Waals surface area contributed by atoms with E-state index < -0.39 is 0 Å². The number of nitrogens with two attached hydrogens (primary N) is 1. The molecule has 0 radical (unpaired) electrons. The van der Waals surface area contributed by atoms with Crippen molar-refractivity contribution in [2.45, 2.75) is 6.92 Å². The van der Waals surface area contributed by atoms with Gasteiger partial charge in [0.15, 0.2) is 0 Å². The number of nitrogens with one attached hydrogen (secondary N) is 1. The molecule has 0 bridgehead atoms. The molecule has 2 aromatic rings. The molecule has 98 valence electrons. The Balaban J connectivity index is 2.24. The van der Waals surface area contributed by atoms with Crippen LogP contribution in [0, 0.1) is 6.92 Å². The van der Waals surface area contributed by atoms with E-state index in [1.165, 1.54) is 0 Å². The molecular weight excluding hydrogens is 328 g/mol. The first kappa shape index (κ1) is 13.9. The molecule has 0 aliphatic carbocycles. The van der Waals surface area contributed by atoms with Crippen LogP contribution in [0.4, 0.5) is 11.4 Å². The van der Waals surface area contributed by atoms with Gasteiger partial charge in [-0.05, 0) is 48.9 Å². The number of nitrogen functional groups attached to an aromatic ring is 1. The maximum absolute atomic E-state index is 12.1. The normalized spacial score (nSPS) is 10.3. The van der Waals surface area contributed by atoms with Gasteiger partial charge >= 0.3 is 0 Å². The fourth-order valence-corrected chi connectivity index (χ4v) is 2.06. The van der Waals surface area contributed by atoms with Crippen LogP contribution in [0.1, 0.15) is 15.9 Å². The summed E-state index contributed by atoms with van der Waals surface area (Å²) < 4.78 is 0.927. The molecule has 0 aromatic heterocycles. The third-order valence-corrected chi connectivity index (χ3v) is 3.55. The predicted octanol–water partition coefficient (Wildman–Crippen LogP) is 4.25. The molecule has 0 aliphatic heterocycles. The van der Waals surface area contributed by atoms with E-state index in [4.69, 9.17) is 17.3 Å². The molecule has 0 spiro atoms. The minimum atomic E-state index is -0.184. The van der Waals surface area contributed by atoms with Gasteiger partial charge < -0.3 is 11.1 Å². The Labute approximate surface area is 124 Å². The van der Waals surface area contributed by atoms with Gasteiger partial charge in [-0.25, -0.2) is 0 Å². The molecule has 1 amide bonds. The zero-order valence-corrected chi connectivity index (χ0v) is 12.5. The van der Waals surface area contributed by atoms with Crippen molar-refractivity contribution in [2.24, 2.45) is 0 Å². The van der Waals surface area contributed by atoms with Crippen molar-refractivity contribution in [3.8, 4) is 0 Å². The zero-order chi connectivity index (χ0) is 14.0. The van der Waals surface area contributed by atoms with Gasteiger partial charge in [-0.2, -0.15) is 0 Å². The number of amides is 1. The number of carbonyl (C=O) groups excluding carboxylic acids is 1. The fraction of sp³-hybridized carbons (Fsp3) is 0.0714. The lowest BCUT2D eigenvalue weighted by Crippen LogP contribution is -2.12. The Morgan fingerprint density at radius 1 is 1.26 bits per heavy atom. The van der Waals surface area contributed by atoms with Gasteiger partial charge in [0.1, 0.15) is 0 Å². The first-order valence-corrected chi connectivity index (χ1v) is 6.77. The van der Waals surface area contributed by atoms with Crippen LogP contribution in [-0.2, 0) is 0 Å². The Kier molecular flexibility index (Phi) is 4.12. The van der Waals surface area contributed by atoms with Crippen molar-refractivity contribution in [3.63, 3.8) is 0 Å². The van der Waals surface area contributed by atoms with Crippen LogP contribution in [-0.4, -0.2) is 5.91 Å². The lowest BCUT2D eigenvalue weighted by Gasteiger charge is -2.10. The zero-order valence-electron chi connectivity index (χ0n) is 10.2. The lowest BCUT2D eigenvalue weighted by atomic mass is 10.1. The summed E-state index contributed by atoms with van der Waals surface area (Å²) in [6, 6.07) is 10.5. The fourth-order valence-electron chi connectivity index (χ4n) is 1.63. The van der Waals surface area contributed by atoms with Crippen molar-refractivity contribution in [1.29, 1.82) is 0 Å². The van der Waals surface area contributed by atoms with Crippen LogP contribution >= 0.6 is 27.5 Å². The van der Waals surface area contributed by atoms with Crippen LogP contribution in [0.5, 0.6) is 0 Å². The highest BCUT2D eigenvalue weighted by atomic mass is 79.9. The van der Waals surface area contributed by atoms with Gasteiger partial charge in [0.2, 0.25) is 0 Å². The highest BCUT2D eigenvalue weighted by Gasteiger charge is 2.09. The number of hydrogen-bond acceptors (Lipinski definition) is 2. The topological polar surface area (TPSA) is 55.1 Å². The van der Waals surface area contributed by atoms with E-state index in [0.29, 0.717) is 22.0 Å². The summed E-state index contributed by atoms with van der Waals surface area (Å²) in [6.07, 6.45) is 0. The quantitative estimate of drug-likeness (QED) is 0.804. The summed E-state index contributed by atoms with van der Waals surface area (Å²) >= 11 is 9.28. The molecule has 0 unspecified atom stereocenters. The van der Waals surface area contributed by atoms with Crippen molar-refractivity contribution in [1.82, 2.24) is 0 Å². The molecule has 3 nitrogen and oxygen atoms in total. The van der Waals surface area contributed by atoms with Crippen molar-refractivity contribution >= 4 is 44.8 Å². The smallest absolute Gasteiger partial charge is 0.255 e. The molecule has 0 saturated carbocycles. The molecular formula is C14H12BrClN2O. The lowest BCUT2D eigenvalue weighted by molar-refractivity contribution is 0.102. The van der Waals surface area contributed by atoms with Crippen LogP contribution < -0.4 is 11.1 Å². The summed E-state index contributed by atoms with van der Waals surface area (Å²) in [7, 11) is 0. The molecule has 2 aromatic carbocycles. The predicted molar refractivity (Wildman–Crippen MR) is 82.7 cm³/mol. The third-order valence-electron chi connectivity index (χ3n) is 2.70. The average Bonchev–Trinajstić information content (AvgIpc) is 2.36. The largest absolute Gasteiger partial charge is 0.398 e. The number of rotatable bonds is 2. The van der Waals surface area contributed by atoms with Crippen LogP contribution in [0.3, 0.4) is 0 Å². The van der Waals surface area contributed by atoms with Gasteiger partial charge in [-0.3, -0.25) is 4.79 Å². The van der Waals surface area contributed by atoms with Gasteiger partial charge in [-0.15, -0.1) is 0 Å². The average molecular weight is 340 g/mol. The van der Waals surface area contributed by atoms with Gasteiger partial charge in [0, 0.05) is 15.7 Å². The first-order chi connectivity index (χ1) is 8.97. The van der Waals surface area contributed by atoms with Crippen molar-refractivity contribution in [2.75, 3.05) is 11.1 Å². The number of anilines is 2. The maximum Gasteiger partial charge on any atom is 0.255 e.